The molecule has 164 valence electrons. The molecular weight excluding hydrogens is 436 g/mol. The van der Waals surface area contributed by atoms with Gasteiger partial charge < -0.3 is 19.5 Å². The Hall–Kier alpha value is -3.92. The molecule has 10 heteroatoms. The zero-order chi connectivity index (χ0) is 22.7. The number of thiophene rings is 1. The number of carbonyl (C=O) groups is 2. The molecule has 0 saturated heterocycles. The molecule has 1 unspecified atom stereocenters. The number of esters is 1. The highest BCUT2D eigenvalue weighted by Gasteiger charge is 2.30. The van der Waals surface area contributed by atoms with Crippen LogP contribution in [0.1, 0.15) is 17.3 Å². The molecule has 0 saturated carbocycles. The minimum Gasteiger partial charge on any atom is -0.485 e. The van der Waals surface area contributed by atoms with Crippen LogP contribution in [-0.4, -0.2) is 36.1 Å². The van der Waals surface area contributed by atoms with Gasteiger partial charge in [-0.05, 0) is 24.6 Å². The summed E-state index contributed by atoms with van der Waals surface area (Å²) < 4.78 is 16.5. The van der Waals surface area contributed by atoms with Crippen LogP contribution in [0.4, 0.5) is 10.7 Å². The third kappa shape index (κ3) is 4.26. The summed E-state index contributed by atoms with van der Waals surface area (Å²) >= 11 is 1.12. The highest BCUT2D eigenvalue weighted by molar-refractivity contribution is 7.15. The van der Waals surface area contributed by atoms with Crippen molar-refractivity contribution in [3.05, 3.63) is 69.6 Å². The van der Waals surface area contributed by atoms with E-state index in [0.29, 0.717) is 22.6 Å². The van der Waals surface area contributed by atoms with Gasteiger partial charge in [0.2, 0.25) is 6.10 Å². The van der Waals surface area contributed by atoms with Crippen LogP contribution in [0.15, 0.2) is 53.9 Å². The van der Waals surface area contributed by atoms with E-state index in [9.17, 15) is 19.7 Å². The van der Waals surface area contributed by atoms with Crippen LogP contribution < -0.4 is 14.8 Å². The number of para-hydroxylation sites is 2. The van der Waals surface area contributed by atoms with Gasteiger partial charge >= 0.3 is 5.97 Å². The number of hydrogen-bond donors (Lipinski definition) is 1. The van der Waals surface area contributed by atoms with Crippen LogP contribution in [0.5, 0.6) is 11.5 Å². The van der Waals surface area contributed by atoms with Gasteiger partial charge in [0.1, 0.15) is 17.2 Å². The number of nitrogens with one attached hydrogen (secondary N) is 1. The number of ether oxygens (including phenoxy) is 3. The number of benzene rings is 2. The molecule has 0 spiro atoms. The number of nitro groups is 1. The van der Waals surface area contributed by atoms with Gasteiger partial charge in [-0.25, -0.2) is 4.79 Å². The van der Waals surface area contributed by atoms with E-state index in [4.69, 9.17) is 14.2 Å². The minimum atomic E-state index is -0.914. The van der Waals surface area contributed by atoms with E-state index in [1.54, 1.807) is 42.6 Å². The van der Waals surface area contributed by atoms with Gasteiger partial charge in [-0.3, -0.25) is 14.9 Å². The topological polar surface area (TPSA) is 117 Å². The van der Waals surface area contributed by atoms with E-state index < -0.39 is 22.9 Å². The van der Waals surface area contributed by atoms with Crippen molar-refractivity contribution < 1.29 is 28.7 Å². The number of rotatable bonds is 6. The van der Waals surface area contributed by atoms with Gasteiger partial charge in [0.05, 0.1) is 11.5 Å². The molecule has 1 atom stereocenters. The van der Waals surface area contributed by atoms with Gasteiger partial charge in [-0.15, -0.1) is 11.3 Å². The van der Waals surface area contributed by atoms with E-state index in [2.05, 4.69) is 5.32 Å². The van der Waals surface area contributed by atoms with Crippen molar-refractivity contribution in [3.8, 4) is 22.6 Å². The van der Waals surface area contributed by atoms with Crippen molar-refractivity contribution in [2.45, 2.75) is 13.0 Å². The lowest BCUT2D eigenvalue weighted by molar-refractivity contribution is -0.384. The second kappa shape index (κ2) is 9.06. The normalized spacial score (nSPS) is 14.5. The molecule has 32 heavy (non-hydrogen) atoms. The average molecular weight is 454 g/mol. The van der Waals surface area contributed by atoms with Crippen LogP contribution >= 0.6 is 11.3 Å². The summed E-state index contributed by atoms with van der Waals surface area (Å²) in [5.74, 6) is -0.130. The van der Waals surface area contributed by atoms with Crippen molar-refractivity contribution >= 4 is 33.9 Å². The quantitative estimate of drug-likeness (QED) is 0.336. The zero-order valence-electron chi connectivity index (χ0n) is 16.9. The summed E-state index contributed by atoms with van der Waals surface area (Å²) in [6, 6.07) is 12.9. The Labute approximate surface area is 186 Å². The van der Waals surface area contributed by atoms with Crippen LogP contribution in [0, 0.1) is 10.1 Å². The van der Waals surface area contributed by atoms with E-state index in [1.165, 1.54) is 18.2 Å². The van der Waals surface area contributed by atoms with E-state index >= 15 is 0 Å². The number of hydrogen-bond acceptors (Lipinski definition) is 8. The summed E-state index contributed by atoms with van der Waals surface area (Å²) in [5, 5.41) is 15.8. The maximum absolute atomic E-state index is 12.8. The Morgan fingerprint density at radius 2 is 2.00 bits per heavy atom. The summed E-state index contributed by atoms with van der Waals surface area (Å²) in [7, 11) is 0. The molecule has 2 aromatic carbocycles. The summed E-state index contributed by atoms with van der Waals surface area (Å²) in [5.41, 5.74) is 0.909. The Morgan fingerprint density at radius 1 is 1.22 bits per heavy atom. The molecular formula is C22H18N2O7S. The van der Waals surface area contributed by atoms with Crippen molar-refractivity contribution in [3.63, 3.8) is 0 Å². The third-order valence-electron chi connectivity index (χ3n) is 4.68. The fourth-order valence-corrected chi connectivity index (χ4v) is 4.16. The Bertz CT molecular complexity index is 1190. The largest absolute Gasteiger partial charge is 0.485 e. The molecule has 0 fully saturated rings. The monoisotopic (exact) mass is 454 g/mol. The third-order valence-corrected chi connectivity index (χ3v) is 5.57. The smallest absolute Gasteiger partial charge is 0.341 e. The van der Waals surface area contributed by atoms with Crippen molar-refractivity contribution in [2.75, 3.05) is 18.5 Å². The molecule has 1 amide bonds. The molecule has 2 heterocycles. The van der Waals surface area contributed by atoms with E-state index in [-0.39, 0.29) is 29.5 Å². The van der Waals surface area contributed by atoms with Crippen molar-refractivity contribution in [1.29, 1.82) is 0 Å². The lowest BCUT2D eigenvalue weighted by Gasteiger charge is -2.25. The number of nitrogens with zero attached hydrogens (tertiary/aromatic N) is 1. The first-order valence-corrected chi connectivity index (χ1v) is 10.6. The van der Waals surface area contributed by atoms with Crippen molar-refractivity contribution in [1.82, 2.24) is 0 Å². The molecule has 0 radical (unpaired) electrons. The predicted molar refractivity (Wildman–Crippen MR) is 117 cm³/mol. The first-order valence-electron chi connectivity index (χ1n) is 9.70. The molecule has 9 nitrogen and oxygen atoms in total. The van der Waals surface area contributed by atoms with Crippen LogP contribution in [-0.2, 0) is 9.53 Å². The molecule has 1 aromatic heterocycles. The fraction of sp³-hybridized carbons (Fsp3) is 0.182. The van der Waals surface area contributed by atoms with Gasteiger partial charge in [-0.2, -0.15) is 0 Å². The number of non-ortho nitro benzene ring substituents is 1. The number of fused-ring (bicyclic) bond motifs is 1. The minimum absolute atomic E-state index is 0.0146. The summed E-state index contributed by atoms with van der Waals surface area (Å²) in [4.78, 5) is 36.2. The molecule has 0 bridgehead atoms. The average Bonchev–Trinajstić information content (AvgIpc) is 3.22. The number of anilines is 1. The molecule has 1 aliphatic rings. The number of carbonyl (C=O) groups excluding carboxylic acids is 2. The first-order chi connectivity index (χ1) is 15.5. The molecule has 3 aromatic rings. The Morgan fingerprint density at radius 3 is 2.75 bits per heavy atom. The standard InChI is InChI=1S/C22H18N2O7S/c1-2-29-22(26)19-15(13-6-5-7-14(10-13)24(27)28)12-32-21(19)23-20(25)18-11-30-16-8-3-4-9-17(16)31-18/h3-10,12,18H,2,11H2,1H3,(H,23,25). The van der Waals surface area contributed by atoms with Crippen molar-refractivity contribution in [2.24, 2.45) is 0 Å². The Balaban J connectivity index is 1.63. The summed E-state index contributed by atoms with van der Waals surface area (Å²) in [6.07, 6.45) is -0.914. The van der Waals surface area contributed by atoms with E-state index in [1.807, 2.05) is 0 Å². The second-order valence-corrected chi connectivity index (χ2v) is 7.61. The summed E-state index contributed by atoms with van der Waals surface area (Å²) in [6.45, 7) is 1.81. The van der Waals surface area contributed by atoms with Crippen LogP contribution in [0.3, 0.4) is 0 Å². The van der Waals surface area contributed by atoms with Gasteiger partial charge in [0, 0.05) is 23.1 Å². The van der Waals surface area contributed by atoms with Crippen LogP contribution in [0.2, 0.25) is 0 Å². The maximum Gasteiger partial charge on any atom is 0.341 e. The lowest BCUT2D eigenvalue weighted by atomic mass is 10.0. The maximum atomic E-state index is 12.8. The highest BCUT2D eigenvalue weighted by Crippen LogP contribution is 2.38. The fourth-order valence-electron chi connectivity index (χ4n) is 3.20. The lowest BCUT2D eigenvalue weighted by Crippen LogP contribution is -2.40. The van der Waals surface area contributed by atoms with E-state index in [0.717, 1.165) is 11.3 Å². The number of nitro benzene ring substituents is 1. The predicted octanol–water partition coefficient (Wildman–Crippen LogP) is 4.28. The molecule has 0 aliphatic carbocycles. The number of amides is 1. The molecule has 1 N–H and O–H groups in total. The molecule has 4 rings (SSSR count). The molecule has 1 aliphatic heterocycles. The zero-order valence-corrected chi connectivity index (χ0v) is 17.7. The van der Waals surface area contributed by atoms with Gasteiger partial charge in [0.25, 0.3) is 11.6 Å². The van der Waals surface area contributed by atoms with Crippen LogP contribution in [0.25, 0.3) is 11.1 Å². The Kier molecular flexibility index (Phi) is 6.04. The second-order valence-electron chi connectivity index (χ2n) is 6.73. The first kappa shape index (κ1) is 21.3. The van der Waals surface area contributed by atoms with Gasteiger partial charge in [-0.1, -0.05) is 24.3 Å². The highest BCUT2D eigenvalue weighted by atomic mass is 32.1. The van der Waals surface area contributed by atoms with Gasteiger partial charge in [0.15, 0.2) is 11.5 Å². The SMILES string of the molecule is CCOC(=O)c1c(-c2cccc([N+](=O)[O-])c2)csc1NC(=O)C1COc2ccccc2O1.